The smallest absolute Gasteiger partial charge is 0.250 e. The first-order valence-corrected chi connectivity index (χ1v) is 5.52. The van der Waals surface area contributed by atoms with Gasteiger partial charge in [0.15, 0.2) is 0 Å². The van der Waals surface area contributed by atoms with Crippen LogP contribution >= 0.6 is 0 Å². The standard InChI is InChI=1S/C14H12N2O/c1-9-8-13(17)16-12-7-3-5-10-4-2-6-11(15-9)14(10)12/h2-8,15H,1H3,(H,16,17). The topological polar surface area (TPSA) is 41.1 Å². The molecule has 2 N–H and O–H groups in total. The Morgan fingerprint density at radius 1 is 0.941 bits per heavy atom. The van der Waals surface area contributed by atoms with E-state index in [1.807, 2.05) is 43.3 Å². The van der Waals surface area contributed by atoms with Crippen molar-refractivity contribution in [2.75, 3.05) is 10.6 Å². The predicted molar refractivity (Wildman–Crippen MR) is 70.0 cm³/mol. The molecule has 0 fully saturated rings. The lowest BCUT2D eigenvalue weighted by molar-refractivity contribution is -0.111. The van der Waals surface area contributed by atoms with E-state index in [4.69, 9.17) is 0 Å². The number of anilines is 2. The van der Waals surface area contributed by atoms with Crippen LogP contribution in [0.25, 0.3) is 10.8 Å². The molecular formula is C14H12N2O. The molecule has 2 aromatic rings. The van der Waals surface area contributed by atoms with E-state index in [1.165, 1.54) is 0 Å². The van der Waals surface area contributed by atoms with Gasteiger partial charge in [0.1, 0.15) is 0 Å². The lowest BCUT2D eigenvalue weighted by atomic mass is 10.1. The third-order valence-corrected chi connectivity index (χ3v) is 2.84. The molecule has 0 saturated heterocycles. The van der Waals surface area contributed by atoms with Crippen molar-refractivity contribution in [3.05, 3.63) is 48.2 Å². The van der Waals surface area contributed by atoms with Crippen LogP contribution in [0.4, 0.5) is 11.4 Å². The number of hydrogen-bond donors (Lipinski definition) is 2. The number of nitrogens with one attached hydrogen (secondary N) is 2. The number of benzene rings is 2. The summed E-state index contributed by atoms with van der Waals surface area (Å²) in [4.78, 5) is 11.7. The van der Waals surface area contributed by atoms with Crippen LogP contribution in [0.5, 0.6) is 0 Å². The molecule has 0 aliphatic carbocycles. The summed E-state index contributed by atoms with van der Waals surface area (Å²) in [6.07, 6.45) is 1.56. The normalized spacial score (nSPS) is 14.4. The molecule has 17 heavy (non-hydrogen) atoms. The number of carbonyl (C=O) groups is 1. The minimum absolute atomic E-state index is 0.1000. The average Bonchev–Trinajstić information content (AvgIpc) is 2.27. The van der Waals surface area contributed by atoms with Gasteiger partial charge >= 0.3 is 0 Å². The quantitative estimate of drug-likeness (QED) is 0.722. The molecule has 1 heterocycles. The summed E-state index contributed by atoms with van der Waals surface area (Å²) < 4.78 is 0. The van der Waals surface area contributed by atoms with Crippen LogP contribution < -0.4 is 10.6 Å². The van der Waals surface area contributed by atoms with Crippen LogP contribution in [0.3, 0.4) is 0 Å². The third kappa shape index (κ3) is 1.65. The van der Waals surface area contributed by atoms with E-state index in [9.17, 15) is 4.79 Å². The van der Waals surface area contributed by atoms with Gasteiger partial charge in [-0.25, -0.2) is 0 Å². The lowest BCUT2D eigenvalue weighted by Gasteiger charge is -2.16. The molecule has 0 unspecified atom stereocenters. The zero-order valence-electron chi connectivity index (χ0n) is 9.45. The maximum absolute atomic E-state index is 11.7. The Balaban J connectivity index is 2.34. The van der Waals surface area contributed by atoms with Crippen molar-refractivity contribution >= 4 is 28.1 Å². The zero-order chi connectivity index (χ0) is 11.8. The van der Waals surface area contributed by atoms with Crippen LogP contribution in [0.1, 0.15) is 6.92 Å². The van der Waals surface area contributed by atoms with E-state index in [-0.39, 0.29) is 5.91 Å². The summed E-state index contributed by atoms with van der Waals surface area (Å²) >= 11 is 0. The van der Waals surface area contributed by atoms with Crippen molar-refractivity contribution < 1.29 is 4.79 Å². The minimum Gasteiger partial charge on any atom is -0.358 e. The maximum atomic E-state index is 11.7. The molecule has 1 aliphatic rings. The highest BCUT2D eigenvalue weighted by Crippen LogP contribution is 2.32. The van der Waals surface area contributed by atoms with Gasteiger partial charge in [0, 0.05) is 22.8 Å². The first-order valence-electron chi connectivity index (χ1n) is 5.52. The summed E-state index contributed by atoms with van der Waals surface area (Å²) in [5.41, 5.74) is 2.70. The molecule has 1 aliphatic heterocycles. The van der Waals surface area contributed by atoms with Crippen LogP contribution in [0.15, 0.2) is 48.2 Å². The molecule has 3 heteroatoms. The summed E-state index contributed by atoms with van der Waals surface area (Å²) in [5, 5.41) is 8.32. The van der Waals surface area contributed by atoms with Crippen LogP contribution in [-0.2, 0) is 4.79 Å². The van der Waals surface area contributed by atoms with Gasteiger partial charge in [0.2, 0.25) is 5.91 Å². The van der Waals surface area contributed by atoms with E-state index in [1.54, 1.807) is 6.08 Å². The van der Waals surface area contributed by atoms with Gasteiger partial charge in [-0.05, 0) is 24.4 Å². The Hall–Kier alpha value is -2.29. The number of rotatable bonds is 0. The maximum Gasteiger partial charge on any atom is 0.250 e. The molecule has 0 atom stereocenters. The van der Waals surface area contributed by atoms with Crippen molar-refractivity contribution in [1.82, 2.24) is 0 Å². The molecule has 84 valence electrons. The monoisotopic (exact) mass is 224 g/mol. The van der Waals surface area contributed by atoms with Crippen LogP contribution in [0.2, 0.25) is 0 Å². The van der Waals surface area contributed by atoms with Crippen LogP contribution in [-0.4, -0.2) is 5.91 Å². The highest BCUT2D eigenvalue weighted by molar-refractivity contribution is 6.11. The fraction of sp³-hybridized carbons (Fsp3) is 0.0714. The summed E-state index contributed by atoms with van der Waals surface area (Å²) in [5.74, 6) is -0.1000. The second-order valence-corrected chi connectivity index (χ2v) is 4.15. The summed E-state index contributed by atoms with van der Waals surface area (Å²) in [6.45, 7) is 1.88. The van der Waals surface area contributed by atoms with Crippen molar-refractivity contribution in [3.8, 4) is 0 Å². The van der Waals surface area contributed by atoms with Gasteiger partial charge in [-0.3, -0.25) is 4.79 Å². The van der Waals surface area contributed by atoms with Crippen molar-refractivity contribution in [3.63, 3.8) is 0 Å². The van der Waals surface area contributed by atoms with E-state index < -0.39 is 0 Å². The molecule has 3 rings (SSSR count). The van der Waals surface area contributed by atoms with Crippen LogP contribution in [0, 0.1) is 0 Å². The van der Waals surface area contributed by atoms with E-state index in [0.717, 1.165) is 27.8 Å². The number of amides is 1. The molecule has 0 spiro atoms. The number of hydrogen-bond acceptors (Lipinski definition) is 2. The van der Waals surface area contributed by atoms with Gasteiger partial charge in [0.05, 0.1) is 5.69 Å². The first kappa shape index (κ1) is 9.90. The molecule has 2 aromatic carbocycles. The highest BCUT2D eigenvalue weighted by Gasteiger charge is 2.11. The van der Waals surface area contributed by atoms with Gasteiger partial charge < -0.3 is 10.6 Å². The van der Waals surface area contributed by atoms with Crippen molar-refractivity contribution in [2.45, 2.75) is 6.92 Å². The Bertz CT molecular complexity index is 638. The first-order chi connectivity index (χ1) is 8.24. The van der Waals surface area contributed by atoms with E-state index >= 15 is 0 Å². The second kappa shape index (κ2) is 3.63. The Morgan fingerprint density at radius 3 is 2.29 bits per heavy atom. The van der Waals surface area contributed by atoms with Gasteiger partial charge in [-0.15, -0.1) is 0 Å². The Morgan fingerprint density at radius 2 is 1.59 bits per heavy atom. The number of allylic oxidation sites excluding steroid dienone is 1. The van der Waals surface area contributed by atoms with Crippen molar-refractivity contribution in [2.24, 2.45) is 0 Å². The lowest BCUT2D eigenvalue weighted by Crippen LogP contribution is -2.13. The second-order valence-electron chi connectivity index (χ2n) is 4.15. The number of carbonyl (C=O) groups excluding carboxylic acids is 1. The van der Waals surface area contributed by atoms with Gasteiger partial charge in [-0.2, -0.15) is 0 Å². The fourth-order valence-electron chi connectivity index (χ4n) is 2.16. The Labute approximate surface area is 99.1 Å². The third-order valence-electron chi connectivity index (χ3n) is 2.84. The largest absolute Gasteiger partial charge is 0.358 e. The Kier molecular flexibility index (Phi) is 2.11. The minimum atomic E-state index is -0.1000. The SMILES string of the molecule is CC1=CC(=O)Nc2cccc3cccc(c23)N1. The highest BCUT2D eigenvalue weighted by atomic mass is 16.1. The average molecular weight is 224 g/mol. The predicted octanol–water partition coefficient (Wildman–Crippen LogP) is 3.11. The summed E-state index contributed by atoms with van der Waals surface area (Å²) in [6, 6.07) is 12.0. The van der Waals surface area contributed by atoms with E-state index in [0.29, 0.717) is 0 Å². The van der Waals surface area contributed by atoms with Crippen molar-refractivity contribution in [1.29, 1.82) is 0 Å². The molecular weight excluding hydrogens is 212 g/mol. The molecule has 0 radical (unpaired) electrons. The molecule has 0 bridgehead atoms. The molecule has 0 aromatic heterocycles. The fourth-order valence-corrected chi connectivity index (χ4v) is 2.16. The van der Waals surface area contributed by atoms with Gasteiger partial charge in [0.25, 0.3) is 0 Å². The summed E-state index contributed by atoms with van der Waals surface area (Å²) in [7, 11) is 0. The molecule has 3 nitrogen and oxygen atoms in total. The zero-order valence-corrected chi connectivity index (χ0v) is 9.45. The van der Waals surface area contributed by atoms with E-state index in [2.05, 4.69) is 10.6 Å². The molecule has 1 amide bonds. The van der Waals surface area contributed by atoms with Gasteiger partial charge in [-0.1, -0.05) is 24.3 Å². The molecule has 0 saturated carbocycles.